The number of para-hydroxylation sites is 2. The van der Waals surface area contributed by atoms with Gasteiger partial charge in [-0.1, -0.05) is 31.4 Å². The Morgan fingerprint density at radius 2 is 2.07 bits per heavy atom. The molecule has 2 rings (SSSR count). The molecule has 1 aromatic rings. The molecule has 0 spiro atoms. The van der Waals surface area contributed by atoms with Gasteiger partial charge in [0.05, 0.1) is 11.4 Å². The molecule has 0 amide bonds. The molecule has 0 aliphatic heterocycles. The van der Waals surface area contributed by atoms with Gasteiger partial charge in [0.2, 0.25) is 0 Å². The lowest BCUT2D eigenvalue weighted by atomic mass is 9.83. The summed E-state index contributed by atoms with van der Waals surface area (Å²) in [4.78, 5) is 0. The van der Waals surface area contributed by atoms with Crippen LogP contribution < -0.4 is 11.1 Å². The minimum Gasteiger partial charge on any atom is -0.397 e. The first kappa shape index (κ1) is 9.38. The molecule has 1 saturated carbocycles. The maximum atomic E-state index is 5.82. The van der Waals surface area contributed by atoms with Crippen LogP contribution in [0.5, 0.6) is 0 Å². The normalized spacial score (nSPS) is 16.3. The van der Waals surface area contributed by atoms with Crippen molar-refractivity contribution in [1.82, 2.24) is 0 Å². The summed E-state index contributed by atoms with van der Waals surface area (Å²) < 4.78 is 0. The van der Waals surface area contributed by atoms with Crippen molar-refractivity contribution < 1.29 is 0 Å². The van der Waals surface area contributed by atoms with E-state index >= 15 is 0 Å². The van der Waals surface area contributed by atoms with Gasteiger partial charge in [-0.15, -0.1) is 0 Å². The predicted octanol–water partition coefficient (Wildman–Crippen LogP) is 2.87. The average Bonchev–Trinajstić information content (AvgIpc) is 2.12. The molecule has 1 aromatic carbocycles. The van der Waals surface area contributed by atoms with Crippen LogP contribution in [0, 0.1) is 5.92 Å². The first-order valence-electron chi connectivity index (χ1n) is 5.44. The van der Waals surface area contributed by atoms with E-state index in [1.807, 2.05) is 24.3 Å². The molecular formula is C12H18N2. The second-order valence-electron chi connectivity index (χ2n) is 4.10. The highest BCUT2D eigenvalue weighted by Gasteiger charge is 2.16. The van der Waals surface area contributed by atoms with Crippen molar-refractivity contribution in [3.05, 3.63) is 24.3 Å². The molecule has 14 heavy (non-hydrogen) atoms. The fourth-order valence-electron chi connectivity index (χ4n) is 1.85. The Balaban J connectivity index is 1.76. The number of rotatable bonds is 4. The Hall–Kier alpha value is -1.18. The summed E-state index contributed by atoms with van der Waals surface area (Å²) in [5.41, 5.74) is 7.75. The molecule has 3 N–H and O–H groups in total. The van der Waals surface area contributed by atoms with Crippen LogP contribution in [0.15, 0.2) is 24.3 Å². The highest BCUT2D eigenvalue weighted by atomic mass is 14.9. The molecule has 76 valence electrons. The zero-order chi connectivity index (χ0) is 9.80. The summed E-state index contributed by atoms with van der Waals surface area (Å²) in [6, 6.07) is 7.95. The minimum atomic E-state index is 0.848. The Bertz CT molecular complexity index is 292. The Labute approximate surface area is 85.5 Å². The van der Waals surface area contributed by atoms with Crippen LogP contribution in [0.4, 0.5) is 11.4 Å². The number of anilines is 2. The van der Waals surface area contributed by atoms with E-state index < -0.39 is 0 Å². The van der Waals surface area contributed by atoms with Crippen molar-refractivity contribution >= 4 is 11.4 Å². The largest absolute Gasteiger partial charge is 0.397 e. The minimum absolute atomic E-state index is 0.848. The lowest BCUT2D eigenvalue weighted by molar-refractivity contribution is 0.303. The van der Waals surface area contributed by atoms with E-state index in [9.17, 15) is 0 Å². The van der Waals surface area contributed by atoms with Crippen molar-refractivity contribution in [1.29, 1.82) is 0 Å². The van der Waals surface area contributed by atoms with E-state index in [1.54, 1.807) is 0 Å². The monoisotopic (exact) mass is 190 g/mol. The summed E-state index contributed by atoms with van der Waals surface area (Å²) in [6.07, 6.45) is 5.56. The van der Waals surface area contributed by atoms with Gasteiger partial charge in [-0.2, -0.15) is 0 Å². The molecule has 2 nitrogen and oxygen atoms in total. The predicted molar refractivity (Wildman–Crippen MR) is 61.3 cm³/mol. The molecule has 0 heterocycles. The highest BCUT2D eigenvalue weighted by molar-refractivity contribution is 5.65. The van der Waals surface area contributed by atoms with Gasteiger partial charge in [0.1, 0.15) is 0 Å². The van der Waals surface area contributed by atoms with Crippen molar-refractivity contribution in [2.75, 3.05) is 17.6 Å². The lowest BCUT2D eigenvalue weighted by Gasteiger charge is -2.25. The van der Waals surface area contributed by atoms with Gasteiger partial charge < -0.3 is 11.1 Å². The van der Waals surface area contributed by atoms with Crippen LogP contribution in [-0.4, -0.2) is 6.54 Å². The maximum Gasteiger partial charge on any atom is 0.0573 e. The summed E-state index contributed by atoms with van der Waals surface area (Å²) >= 11 is 0. The molecule has 2 heteroatoms. The van der Waals surface area contributed by atoms with Crippen LogP contribution >= 0.6 is 0 Å². The number of nitrogen functional groups attached to an aromatic ring is 1. The number of hydrogen-bond acceptors (Lipinski definition) is 2. The quantitative estimate of drug-likeness (QED) is 0.716. The van der Waals surface area contributed by atoms with Gasteiger partial charge in [-0.25, -0.2) is 0 Å². The first-order chi connectivity index (χ1) is 6.86. The van der Waals surface area contributed by atoms with Crippen molar-refractivity contribution in [3.8, 4) is 0 Å². The van der Waals surface area contributed by atoms with Gasteiger partial charge in [0, 0.05) is 6.54 Å². The third-order valence-electron chi connectivity index (χ3n) is 3.05. The van der Waals surface area contributed by atoms with Crippen LogP contribution in [0.3, 0.4) is 0 Å². The Morgan fingerprint density at radius 1 is 1.29 bits per heavy atom. The molecule has 1 aliphatic rings. The molecule has 1 fully saturated rings. The van der Waals surface area contributed by atoms with Crippen molar-refractivity contribution in [2.45, 2.75) is 25.7 Å². The SMILES string of the molecule is Nc1ccccc1NCCC1CCC1. The fraction of sp³-hybridized carbons (Fsp3) is 0.500. The standard InChI is InChI=1S/C12H18N2/c13-11-6-1-2-7-12(11)14-9-8-10-4-3-5-10/h1-2,6-7,10,14H,3-5,8-9,13H2. The van der Waals surface area contributed by atoms with Crippen LogP contribution in [0.25, 0.3) is 0 Å². The van der Waals surface area contributed by atoms with Gasteiger partial charge in [0.25, 0.3) is 0 Å². The Kier molecular flexibility index (Phi) is 2.92. The van der Waals surface area contributed by atoms with Crippen molar-refractivity contribution in [2.24, 2.45) is 5.92 Å². The summed E-state index contributed by atoms with van der Waals surface area (Å²) in [5.74, 6) is 0.965. The third kappa shape index (κ3) is 2.19. The first-order valence-corrected chi connectivity index (χ1v) is 5.44. The van der Waals surface area contributed by atoms with Crippen LogP contribution in [-0.2, 0) is 0 Å². The fourth-order valence-corrected chi connectivity index (χ4v) is 1.85. The van der Waals surface area contributed by atoms with Crippen molar-refractivity contribution in [3.63, 3.8) is 0 Å². The molecule has 1 aliphatic carbocycles. The van der Waals surface area contributed by atoms with E-state index in [4.69, 9.17) is 5.73 Å². The molecule has 0 aromatic heterocycles. The smallest absolute Gasteiger partial charge is 0.0573 e. The molecular weight excluding hydrogens is 172 g/mol. The number of nitrogens with two attached hydrogens (primary N) is 1. The number of nitrogens with one attached hydrogen (secondary N) is 1. The molecule has 0 bridgehead atoms. The topological polar surface area (TPSA) is 38.0 Å². The molecule has 0 radical (unpaired) electrons. The summed E-state index contributed by atoms with van der Waals surface area (Å²) in [7, 11) is 0. The zero-order valence-corrected chi connectivity index (χ0v) is 8.50. The van der Waals surface area contributed by atoms with Gasteiger partial charge >= 0.3 is 0 Å². The maximum absolute atomic E-state index is 5.82. The van der Waals surface area contributed by atoms with Crippen LogP contribution in [0.1, 0.15) is 25.7 Å². The van der Waals surface area contributed by atoms with E-state index in [0.717, 1.165) is 23.8 Å². The molecule has 0 unspecified atom stereocenters. The van der Waals surface area contributed by atoms with E-state index in [0.29, 0.717) is 0 Å². The number of benzene rings is 1. The van der Waals surface area contributed by atoms with E-state index in [2.05, 4.69) is 5.32 Å². The van der Waals surface area contributed by atoms with E-state index in [-0.39, 0.29) is 0 Å². The van der Waals surface area contributed by atoms with Gasteiger partial charge in [-0.05, 0) is 24.5 Å². The second-order valence-corrected chi connectivity index (χ2v) is 4.10. The highest BCUT2D eigenvalue weighted by Crippen LogP contribution is 2.29. The Morgan fingerprint density at radius 3 is 2.71 bits per heavy atom. The van der Waals surface area contributed by atoms with E-state index in [1.165, 1.54) is 25.7 Å². The number of hydrogen-bond donors (Lipinski definition) is 2. The van der Waals surface area contributed by atoms with Gasteiger partial charge in [0.15, 0.2) is 0 Å². The summed E-state index contributed by atoms with van der Waals surface area (Å²) in [6.45, 7) is 1.05. The average molecular weight is 190 g/mol. The van der Waals surface area contributed by atoms with Gasteiger partial charge in [-0.3, -0.25) is 0 Å². The van der Waals surface area contributed by atoms with Crippen LogP contribution in [0.2, 0.25) is 0 Å². The third-order valence-corrected chi connectivity index (χ3v) is 3.05. The zero-order valence-electron chi connectivity index (χ0n) is 8.50. The molecule has 0 saturated heterocycles. The second kappa shape index (κ2) is 4.36. The molecule has 0 atom stereocenters. The summed E-state index contributed by atoms with van der Waals surface area (Å²) in [5, 5.41) is 3.39. The lowest BCUT2D eigenvalue weighted by Crippen LogP contribution is -2.15.